The molecule has 0 saturated carbocycles. The molecule has 6 heteroatoms. The standard InChI is InChI=1S/C15H10ClN5/c1-10-7-8-13(19-18-10)21-15(16)12(9-17)14(20-21)11-5-3-2-4-6-11/h2-8H,1H3. The average molecular weight is 296 g/mol. The Morgan fingerprint density at radius 3 is 2.48 bits per heavy atom. The van der Waals surface area contributed by atoms with Crippen LogP contribution in [0.1, 0.15) is 11.3 Å². The molecule has 0 aliphatic heterocycles. The summed E-state index contributed by atoms with van der Waals surface area (Å²) in [6.07, 6.45) is 0. The van der Waals surface area contributed by atoms with E-state index in [4.69, 9.17) is 11.6 Å². The second-order valence-electron chi connectivity index (χ2n) is 4.44. The highest BCUT2D eigenvalue weighted by Crippen LogP contribution is 2.29. The van der Waals surface area contributed by atoms with Gasteiger partial charge >= 0.3 is 0 Å². The maximum Gasteiger partial charge on any atom is 0.177 e. The highest BCUT2D eigenvalue weighted by Gasteiger charge is 2.19. The lowest BCUT2D eigenvalue weighted by atomic mass is 10.1. The molecule has 3 aromatic rings. The Balaban J connectivity index is 2.19. The van der Waals surface area contributed by atoms with E-state index in [9.17, 15) is 5.26 Å². The van der Waals surface area contributed by atoms with Gasteiger partial charge in [0, 0.05) is 5.56 Å². The summed E-state index contributed by atoms with van der Waals surface area (Å²) in [5.41, 5.74) is 2.48. The fourth-order valence-corrected chi connectivity index (χ4v) is 2.21. The lowest BCUT2D eigenvalue weighted by Gasteiger charge is -2.00. The van der Waals surface area contributed by atoms with Crippen LogP contribution >= 0.6 is 11.6 Å². The highest BCUT2D eigenvalue weighted by molar-refractivity contribution is 6.31. The number of rotatable bonds is 2. The van der Waals surface area contributed by atoms with Gasteiger partial charge in [0.1, 0.15) is 17.3 Å². The third kappa shape index (κ3) is 2.37. The summed E-state index contributed by atoms with van der Waals surface area (Å²) < 4.78 is 1.43. The molecule has 0 radical (unpaired) electrons. The summed E-state index contributed by atoms with van der Waals surface area (Å²) >= 11 is 6.26. The van der Waals surface area contributed by atoms with Crippen LogP contribution in [0, 0.1) is 18.3 Å². The van der Waals surface area contributed by atoms with E-state index in [1.165, 1.54) is 4.68 Å². The maximum absolute atomic E-state index is 9.34. The monoisotopic (exact) mass is 295 g/mol. The summed E-state index contributed by atoms with van der Waals surface area (Å²) in [5.74, 6) is 0.476. The molecule has 0 unspecified atom stereocenters. The molecule has 0 aliphatic carbocycles. The summed E-state index contributed by atoms with van der Waals surface area (Å²) in [6, 6.07) is 15.1. The van der Waals surface area contributed by atoms with Gasteiger partial charge in [0.15, 0.2) is 11.0 Å². The number of hydrogen-bond donors (Lipinski definition) is 0. The average Bonchev–Trinajstić information content (AvgIpc) is 2.86. The topological polar surface area (TPSA) is 67.4 Å². The molecule has 0 saturated heterocycles. The van der Waals surface area contributed by atoms with Gasteiger partial charge in [-0.2, -0.15) is 15.5 Å². The number of aromatic nitrogens is 4. The van der Waals surface area contributed by atoms with Gasteiger partial charge in [0.2, 0.25) is 0 Å². The largest absolute Gasteiger partial charge is 0.200 e. The molecule has 0 bridgehead atoms. The molecule has 0 N–H and O–H groups in total. The van der Waals surface area contributed by atoms with E-state index in [1.807, 2.05) is 43.3 Å². The molecule has 1 aromatic carbocycles. The van der Waals surface area contributed by atoms with Gasteiger partial charge in [-0.25, -0.2) is 4.68 Å². The number of benzene rings is 1. The van der Waals surface area contributed by atoms with E-state index >= 15 is 0 Å². The Labute approximate surface area is 126 Å². The molecule has 0 aliphatic rings. The molecule has 3 rings (SSSR count). The number of halogens is 1. The minimum atomic E-state index is 0.231. The first-order valence-electron chi connectivity index (χ1n) is 6.25. The zero-order valence-electron chi connectivity index (χ0n) is 11.2. The highest BCUT2D eigenvalue weighted by atomic mass is 35.5. The predicted octanol–water partition coefficient (Wildman–Crippen LogP) is 3.16. The number of nitriles is 1. The Kier molecular flexibility index (Phi) is 3.38. The van der Waals surface area contributed by atoms with Crippen molar-refractivity contribution < 1.29 is 0 Å². The van der Waals surface area contributed by atoms with Crippen molar-refractivity contribution in [2.45, 2.75) is 6.92 Å². The third-order valence-corrected chi connectivity index (χ3v) is 3.34. The van der Waals surface area contributed by atoms with E-state index < -0.39 is 0 Å². The van der Waals surface area contributed by atoms with Gasteiger partial charge in [-0.05, 0) is 19.1 Å². The Bertz CT molecular complexity index is 816. The first-order valence-corrected chi connectivity index (χ1v) is 6.63. The van der Waals surface area contributed by atoms with Crippen LogP contribution in [0.3, 0.4) is 0 Å². The van der Waals surface area contributed by atoms with Crippen molar-refractivity contribution in [3.8, 4) is 23.1 Å². The molecule has 0 spiro atoms. The Hall–Kier alpha value is -2.71. The molecule has 0 fully saturated rings. The van der Waals surface area contributed by atoms with Crippen LogP contribution in [0.2, 0.25) is 5.15 Å². The van der Waals surface area contributed by atoms with E-state index in [0.29, 0.717) is 17.1 Å². The first kappa shape index (κ1) is 13.3. The molecule has 0 atom stereocenters. The second kappa shape index (κ2) is 5.35. The zero-order valence-corrected chi connectivity index (χ0v) is 11.9. The van der Waals surface area contributed by atoms with Crippen molar-refractivity contribution in [1.82, 2.24) is 20.0 Å². The van der Waals surface area contributed by atoms with Crippen LogP contribution in [0.4, 0.5) is 0 Å². The number of aryl methyl sites for hydroxylation is 1. The maximum atomic E-state index is 9.34. The van der Waals surface area contributed by atoms with Crippen molar-refractivity contribution >= 4 is 11.6 Å². The fraction of sp³-hybridized carbons (Fsp3) is 0.0667. The third-order valence-electron chi connectivity index (χ3n) is 2.99. The predicted molar refractivity (Wildman–Crippen MR) is 79.1 cm³/mol. The Morgan fingerprint density at radius 1 is 1.10 bits per heavy atom. The minimum absolute atomic E-state index is 0.231. The van der Waals surface area contributed by atoms with E-state index in [0.717, 1.165) is 11.3 Å². The van der Waals surface area contributed by atoms with Gasteiger partial charge < -0.3 is 0 Å². The van der Waals surface area contributed by atoms with Gasteiger partial charge in [0.25, 0.3) is 0 Å². The van der Waals surface area contributed by atoms with E-state index in [-0.39, 0.29) is 5.15 Å². The van der Waals surface area contributed by atoms with Crippen LogP contribution in [0.15, 0.2) is 42.5 Å². The molecule has 5 nitrogen and oxygen atoms in total. The normalized spacial score (nSPS) is 10.3. The molecule has 21 heavy (non-hydrogen) atoms. The molecule has 102 valence electrons. The molecular formula is C15H10ClN5. The summed E-state index contributed by atoms with van der Waals surface area (Å²) in [5, 5.41) is 22.0. The molecule has 2 aromatic heterocycles. The second-order valence-corrected chi connectivity index (χ2v) is 4.79. The zero-order chi connectivity index (χ0) is 14.8. The lowest BCUT2D eigenvalue weighted by Crippen LogP contribution is -2.02. The Morgan fingerprint density at radius 2 is 1.86 bits per heavy atom. The molecule has 2 heterocycles. The van der Waals surface area contributed by atoms with Crippen molar-refractivity contribution in [3.63, 3.8) is 0 Å². The fourth-order valence-electron chi connectivity index (χ4n) is 1.95. The van der Waals surface area contributed by atoms with Crippen molar-refractivity contribution in [3.05, 3.63) is 58.9 Å². The first-order chi connectivity index (χ1) is 10.2. The number of hydrogen-bond acceptors (Lipinski definition) is 4. The van der Waals surface area contributed by atoms with E-state index in [2.05, 4.69) is 21.4 Å². The molecule has 0 amide bonds. The lowest BCUT2D eigenvalue weighted by molar-refractivity contribution is 0.809. The van der Waals surface area contributed by atoms with Crippen molar-refractivity contribution in [2.75, 3.05) is 0 Å². The summed E-state index contributed by atoms with van der Waals surface area (Å²) in [6.45, 7) is 1.84. The van der Waals surface area contributed by atoms with Gasteiger partial charge in [-0.15, -0.1) is 5.10 Å². The number of nitrogens with zero attached hydrogens (tertiary/aromatic N) is 5. The van der Waals surface area contributed by atoms with Gasteiger partial charge in [-0.3, -0.25) is 0 Å². The van der Waals surface area contributed by atoms with Crippen LogP contribution < -0.4 is 0 Å². The van der Waals surface area contributed by atoms with Crippen LogP contribution in [0.25, 0.3) is 17.1 Å². The van der Waals surface area contributed by atoms with Crippen LogP contribution in [-0.4, -0.2) is 20.0 Å². The van der Waals surface area contributed by atoms with Crippen LogP contribution in [-0.2, 0) is 0 Å². The van der Waals surface area contributed by atoms with E-state index in [1.54, 1.807) is 6.07 Å². The minimum Gasteiger partial charge on any atom is -0.200 e. The molecular weight excluding hydrogens is 286 g/mol. The smallest absolute Gasteiger partial charge is 0.177 e. The van der Waals surface area contributed by atoms with Gasteiger partial charge in [-0.1, -0.05) is 41.9 Å². The van der Waals surface area contributed by atoms with Gasteiger partial charge in [0.05, 0.1) is 5.69 Å². The SMILES string of the molecule is Cc1ccc(-n2nc(-c3ccccc3)c(C#N)c2Cl)nn1. The van der Waals surface area contributed by atoms with Crippen LogP contribution in [0.5, 0.6) is 0 Å². The van der Waals surface area contributed by atoms with Crippen molar-refractivity contribution in [1.29, 1.82) is 5.26 Å². The quantitative estimate of drug-likeness (QED) is 0.728. The summed E-state index contributed by atoms with van der Waals surface area (Å²) in [4.78, 5) is 0. The summed E-state index contributed by atoms with van der Waals surface area (Å²) in [7, 11) is 0. The van der Waals surface area contributed by atoms with Crippen molar-refractivity contribution in [2.24, 2.45) is 0 Å².